The maximum Gasteiger partial charge on any atom is 0.0644 e. The third-order valence-electron chi connectivity index (χ3n) is 3.84. The molecule has 0 aliphatic carbocycles. The Labute approximate surface area is 115 Å². The minimum absolute atomic E-state index is 0.202. The van der Waals surface area contributed by atoms with Gasteiger partial charge in [-0.15, -0.1) is 0 Å². The summed E-state index contributed by atoms with van der Waals surface area (Å²) in [6.45, 7) is 8.57. The van der Waals surface area contributed by atoms with Gasteiger partial charge in [0.25, 0.3) is 0 Å². The predicted octanol–water partition coefficient (Wildman–Crippen LogP) is 2.96. The molecule has 102 valence electrons. The lowest BCUT2D eigenvalue weighted by Crippen LogP contribution is -2.19. The zero-order valence-corrected chi connectivity index (χ0v) is 12.7. The Bertz CT molecular complexity index is 596. The van der Waals surface area contributed by atoms with E-state index in [0.29, 0.717) is 0 Å². The van der Waals surface area contributed by atoms with Crippen LogP contribution in [0.2, 0.25) is 0 Å². The van der Waals surface area contributed by atoms with Crippen molar-refractivity contribution in [3.63, 3.8) is 0 Å². The monoisotopic (exact) mass is 257 g/mol. The van der Waals surface area contributed by atoms with Gasteiger partial charge in [-0.25, -0.2) is 0 Å². The van der Waals surface area contributed by atoms with Crippen molar-refractivity contribution >= 4 is 0 Å². The van der Waals surface area contributed by atoms with Crippen LogP contribution in [0.3, 0.4) is 0 Å². The SMILES string of the molecule is CNC(c1cc(C)c(C)cc1C)c1cn(C)nc1C. The van der Waals surface area contributed by atoms with Gasteiger partial charge in [0, 0.05) is 18.8 Å². The number of aromatic nitrogens is 2. The van der Waals surface area contributed by atoms with Crippen LogP contribution >= 0.6 is 0 Å². The molecule has 0 radical (unpaired) electrons. The van der Waals surface area contributed by atoms with Gasteiger partial charge in [0.1, 0.15) is 0 Å². The van der Waals surface area contributed by atoms with Crippen LogP contribution in [0.15, 0.2) is 18.3 Å². The summed E-state index contributed by atoms with van der Waals surface area (Å²) in [6.07, 6.45) is 2.10. The fraction of sp³-hybridized carbons (Fsp3) is 0.438. The largest absolute Gasteiger partial charge is 0.309 e. The van der Waals surface area contributed by atoms with Crippen molar-refractivity contribution in [3.8, 4) is 0 Å². The van der Waals surface area contributed by atoms with Crippen LogP contribution in [-0.2, 0) is 7.05 Å². The molecule has 1 unspecified atom stereocenters. The highest BCUT2D eigenvalue weighted by atomic mass is 15.3. The molecular weight excluding hydrogens is 234 g/mol. The van der Waals surface area contributed by atoms with Gasteiger partial charge in [-0.2, -0.15) is 5.10 Å². The van der Waals surface area contributed by atoms with Crippen molar-refractivity contribution in [1.82, 2.24) is 15.1 Å². The van der Waals surface area contributed by atoms with Crippen LogP contribution in [0.4, 0.5) is 0 Å². The lowest BCUT2D eigenvalue weighted by atomic mass is 9.92. The number of benzene rings is 1. The maximum atomic E-state index is 4.45. The smallest absolute Gasteiger partial charge is 0.0644 e. The van der Waals surface area contributed by atoms with Crippen molar-refractivity contribution in [2.45, 2.75) is 33.7 Å². The van der Waals surface area contributed by atoms with E-state index in [4.69, 9.17) is 0 Å². The van der Waals surface area contributed by atoms with Gasteiger partial charge in [0.15, 0.2) is 0 Å². The first-order valence-corrected chi connectivity index (χ1v) is 6.69. The summed E-state index contributed by atoms with van der Waals surface area (Å²) < 4.78 is 1.88. The summed E-state index contributed by atoms with van der Waals surface area (Å²) >= 11 is 0. The minimum Gasteiger partial charge on any atom is -0.309 e. The molecule has 1 heterocycles. The number of nitrogens with zero attached hydrogens (tertiary/aromatic N) is 2. The molecular formula is C16H23N3. The van der Waals surface area contributed by atoms with Crippen LogP contribution in [0.1, 0.15) is 39.6 Å². The number of aryl methyl sites for hydroxylation is 5. The Morgan fingerprint density at radius 1 is 1.00 bits per heavy atom. The highest BCUT2D eigenvalue weighted by molar-refractivity contribution is 5.42. The second-order valence-corrected chi connectivity index (χ2v) is 5.36. The van der Waals surface area contributed by atoms with E-state index in [1.54, 1.807) is 0 Å². The summed E-state index contributed by atoms with van der Waals surface area (Å²) in [5.74, 6) is 0. The van der Waals surface area contributed by atoms with Crippen LogP contribution < -0.4 is 5.32 Å². The second kappa shape index (κ2) is 5.17. The van der Waals surface area contributed by atoms with Gasteiger partial charge < -0.3 is 5.32 Å². The summed E-state index contributed by atoms with van der Waals surface area (Å²) in [4.78, 5) is 0. The lowest BCUT2D eigenvalue weighted by Gasteiger charge is -2.20. The first kappa shape index (κ1) is 13.8. The minimum atomic E-state index is 0.202. The second-order valence-electron chi connectivity index (χ2n) is 5.36. The lowest BCUT2D eigenvalue weighted by molar-refractivity contribution is 0.681. The third kappa shape index (κ3) is 2.56. The van der Waals surface area contributed by atoms with Gasteiger partial charge in [-0.1, -0.05) is 12.1 Å². The van der Waals surface area contributed by atoms with Crippen molar-refractivity contribution < 1.29 is 0 Å². The van der Waals surface area contributed by atoms with Gasteiger partial charge in [0.2, 0.25) is 0 Å². The molecule has 0 saturated heterocycles. The molecule has 0 bridgehead atoms. The molecule has 2 aromatic rings. The molecule has 2 rings (SSSR count). The first-order chi connectivity index (χ1) is 8.93. The van der Waals surface area contributed by atoms with Gasteiger partial charge in [0.05, 0.1) is 11.7 Å². The van der Waals surface area contributed by atoms with Gasteiger partial charge >= 0.3 is 0 Å². The van der Waals surface area contributed by atoms with Crippen molar-refractivity contribution in [2.75, 3.05) is 7.05 Å². The third-order valence-corrected chi connectivity index (χ3v) is 3.84. The topological polar surface area (TPSA) is 29.9 Å². The molecule has 0 spiro atoms. The van der Waals surface area contributed by atoms with Crippen molar-refractivity contribution in [2.24, 2.45) is 7.05 Å². The summed E-state index contributed by atoms with van der Waals surface area (Å²) in [7, 11) is 3.97. The molecule has 3 nitrogen and oxygen atoms in total. The summed E-state index contributed by atoms with van der Waals surface area (Å²) in [6, 6.07) is 4.76. The van der Waals surface area contributed by atoms with E-state index in [-0.39, 0.29) is 6.04 Å². The number of hydrogen-bond acceptors (Lipinski definition) is 2. The first-order valence-electron chi connectivity index (χ1n) is 6.69. The molecule has 1 atom stereocenters. The molecule has 0 amide bonds. The van der Waals surface area contributed by atoms with E-state index < -0.39 is 0 Å². The standard InChI is InChI=1S/C16H23N3/c1-10-7-12(3)14(8-11(10)2)16(17-5)15-9-19(6)18-13(15)4/h7-9,16-17H,1-6H3. The molecule has 0 fully saturated rings. The Morgan fingerprint density at radius 3 is 2.16 bits per heavy atom. The van der Waals surface area contributed by atoms with Crippen LogP contribution in [0.5, 0.6) is 0 Å². The van der Waals surface area contributed by atoms with E-state index in [1.807, 2.05) is 18.8 Å². The molecule has 0 aliphatic rings. The number of nitrogens with one attached hydrogen (secondary N) is 1. The highest BCUT2D eigenvalue weighted by Crippen LogP contribution is 2.28. The summed E-state index contributed by atoms with van der Waals surface area (Å²) in [5.41, 5.74) is 7.67. The normalized spacial score (nSPS) is 12.7. The molecule has 3 heteroatoms. The molecule has 1 N–H and O–H groups in total. The van der Waals surface area contributed by atoms with E-state index in [1.165, 1.54) is 27.8 Å². The Hall–Kier alpha value is -1.61. The summed E-state index contributed by atoms with van der Waals surface area (Å²) in [5, 5.41) is 7.87. The zero-order valence-electron chi connectivity index (χ0n) is 12.7. The van der Waals surface area contributed by atoms with Crippen LogP contribution in [-0.4, -0.2) is 16.8 Å². The Kier molecular flexibility index (Phi) is 3.76. The fourth-order valence-corrected chi connectivity index (χ4v) is 2.67. The molecule has 0 aliphatic heterocycles. The van der Waals surface area contributed by atoms with E-state index in [2.05, 4.69) is 56.4 Å². The Morgan fingerprint density at radius 2 is 1.63 bits per heavy atom. The average Bonchev–Trinajstić information content (AvgIpc) is 2.66. The molecule has 0 saturated carbocycles. The van der Waals surface area contributed by atoms with Crippen molar-refractivity contribution in [3.05, 3.63) is 51.8 Å². The predicted molar refractivity (Wildman–Crippen MR) is 79.5 cm³/mol. The van der Waals surface area contributed by atoms with E-state index in [9.17, 15) is 0 Å². The van der Waals surface area contributed by atoms with Crippen LogP contribution in [0, 0.1) is 27.7 Å². The average molecular weight is 257 g/mol. The highest BCUT2D eigenvalue weighted by Gasteiger charge is 2.19. The maximum absolute atomic E-state index is 4.45. The quantitative estimate of drug-likeness (QED) is 0.916. The molecule has 1 aromatic heterocycles. The Balaban J connectivity index is 2.54. The van der Waals surface area contributed by atoms with E-state index in [0.717, 1.165) is 5.69 Å². The number of hydrogen-bond donors (Lipinski definition) is 1. The van der Waals surface area contributed by atoms with Crippen molar-refractivity contribution in [1.29, 1.82) is 0 Å². The number of rotatable bonds is 3. The van der Waals surface area contributed by atoms with Gasteiger partial charge in [-0.3, -0.25) is 4.68 Å². The molecule has 1 aromatic carbocycles. The van der Waals surface area contributed by atoms with Crippen LogP contribution in [0.25, 0.3) is 0 Å². The molecule has 19 heavy (non-hydrogen) atoms. The van der Waals surface area contributed by atoms with Gasteiger partial charge in [-0.05, 0) is 57.0 Å². The fourth-order valence-electron chi connectivity index (χ4n) is 2.67. The van der Waals surface area contributed by atoms with E-state index >= 15 is 0 Å². The zero-order chi connectivity index (χ0) is 14.2.